The lowest BCUT2D eigenvalue weighted by atomic mass is 10.2. The van der Waals surface area contributed by atoms with Crippen molar-refractivity contribution < 1.29 is 0 Å². The number of thioether (sulfide) groups is 1. The molecule has 0 fully saturated rings. The van der Waals surface area contributed by atoms with E-state index < -0.39 is 0 Å². The number of benzene rings is 1. The van der Waals surface area contributed by atoms with Crippen molar-refractivity contribution in [2.24, 2.45) is 0 Å². The lowest BCUT2D eigenvalue weighted by molar-refractivity contribution is 0.843. The van der Waals surface area contributed by atoms with Crippen molar-refractivity contribution in [1.82, 2.24) is 29.4 Å². The van der Waals surface area contributed by atoms with Gasteiger partial charge in [-0.25, -0.2) is 14.2 Å². The summed E-state index contributed by atoms with van der Waals surface area (Å²) in [5, 5.41) is 9.49. The van der Waals surface area contributed by atoms with Gasteiger partial charge in [0.15, 0.2) is 0 Å². The molecule has 0 aliphatic rings. The van der Waals surface area contributed by atoms with Gasteiger partial charge >= 0.3 is 0 Å². The number of nitrogens with zero attached hydrogens (tertiary/aromatic N) is 6. The van der Waals surface area contributed by atoms with Crippen LogP contribution in [0, 0.1) is 13.8 Å². The lowest BCUT2D eigenvalue weighted by Crippen LogP contribution is -1.97. The maximum Gasteiger partial charge on any atom is 0.253 e. The van der Waals surface area contributed by atoms with E-state index in [4.69, 9.17) is 0 Å². The van der Waals surface area contributed by atoms with Gasteiger partial charge < -0.3 is 0 Å². The summed E-state index contributed by atoms with van der Waals surface area (Å²) in [5.74, 6) is 1.47. The lowest BCUT2D eigenvalue weighted by Gasteiger charge is -2.03. The minimum absolute atomic E-state index is 0.657. The molecule has 0 amide bonds. The topological polar surface area (TPSA) is 60.9 Å². The maximum atomic E-state index is 4.52. The Hall–Kier alpha value is -2.67. The molecule has 6 nitrogen and oxygen atoms in total. The van der Waals surface area contributed by atoms with Gasteiger partial charge in [0.1, 0.15) is 0 Å². The van der Waals surface area contributed by atoms with E-state index in [1.54, 1.807) is 22.5 Å². The Labute approximate surface area is 143 Å². The number of hydrogen-bond donors (Lipinski definition) is 0. The van der Waals surface area contributed by atoms with Crippen molar-refractivity contribution in [3.8, 4) is 5.69 Å². The molecule has 7 heteroatoms. The fourth-order valence-electron chi connectivity index (χ4n) is 2.52. The minimum Gasteiger partial charge on any atom is -0.241 e. The molecule has 0 bridgehead atoms. The molecule has 0 spiro atoms. The quantitative estimate of drug-likeness (QED) is 0.536. The first-order valence-electron chi connectivity index (χ1n) is 7.62. The third kappa shape index (κ3) is 2.90. The average molecular weight is 336 g/mol. The molecule has 3 aromatic heterocycles. The molecule has 0 aliphatic heterocycles. The molecular formula is C17H16N6S. The van der Waals surface area contributed by atoms with Crippen molar-refractivity contribution >= 4 is 17.5 Å². The monoisotopic (exact) mass is 336 g/mol. The second kappa shape index (κ2) is 6.09. The molecule has 0 saturated carbocycles. The second-order valence-electron chi connectivity index (χ2n) is 5.55. The van der Waals surface area contributed by atoms with Gasteiger partial charge in [0, 0.05) is 29.5 Å². The first kappa shape index (κ1) is 14.9. The number of aromatic nitrogens is 6. The standard InChI is InChI=1S/C17H16N6S/c1-12-10-13(2)23-16(19-12)20-17(21-23)24-11-14-4-6-15(7-5-14)22-9-3-8-18-22/h3-10H,11H2,1-2H3. The second-order valence-corrected chi connectivity index (χ2v) is 6.49. The van der Waals surface area contributed by atoms with Gasteiger partial charge in [-0.1, -0.05) is 23.9 Å². The summed E-state index contributed by atoms with van der Waals surface area (Å²) < 4.78 is 3.63. The molecule has 0 aliphatic carbocycles. The number of hydrogen-bond acceptors (Lipinski definition) is 5. The van der Waals surface area contributed by atoms with E-state index in [1.807, 2.05) is 36.9 Å². The van der Waals surface area contributed by atoms with Crippen LogP contribution >= 0.6 is 11.8 Å². The Balaban J connectivity index is 1.49. The third-order valence-corrected chi connectivity index (χ3v) is 4.58. The van der Waals surface area contributed by atoms with E-state index in [1.165, 1.54) is 5.56 Å². The van der Waals surface area contributed by atoms with E-state index in [9.17, 15) is 0 Å². The largest absolute Gasteiger partial charge is 0.253 e. The smallest absolute Gasteiger partial charge is 0.241 e. The van der Waals surface area contributed by atoms with Crippen LogP contribution in [0.2, 0.25) is 0 Å². The van der Waals surface area contributed by atoms with Crippen molar-refractivity contribution in [2.45, 2.75) is 24.8 Å². The summed E-state index contributed by atoms with van der Waals surface area (Å²) in [4.78, 5) is 8.92. The van der Waals surface area contributed by atoms with Gasteiger partial charge in [0.05, 0.1) is 5.69 Å². The molecule has 0 N–H and O–H groups in total. The van der Waals surface area contributed by atoms with Crippen molar-refractivity contribution in [2.75, 3.05) is 0 Å². The van der Waals surface area contributed by atoms with Crippen molar-refractivity contribution in [3.05, 3.63) is 65.7 Å². The Bertz CT molecular complexity index is 972. The SMILES string of the molecule is Cc1cc(C)n2nc(SCc3ccc(-n4cccn4)cc3)nc2n1. The van der Waals surface area contributed by atoms with Crippen LogP contribution in [0.1, 0.15) is 17.0 Å². The zero-order valence-corrected chi connectivity index (χ0v) is 14.2. The van der Waals surface area contributed by atoms with Gasteiger partial charge in [0.25, 0.3) is 5.78 Å². The Morgan fingerprint density at radius 2 is 1.92 bits per heavy atom. The predicted molar refractivity (Wildman–Crippen MR) is 93.4 cm³/mol. The first-order chi connectivity index (χ1) is 11.7. The third-order valence-electron chi connectivity index (χ3n) is 3.67. The van der Waals surface area contributed by atoms with Crippen LogP contribution in [-0.2, 0) is 5.75 Å². The Morgan fingerprint density at radius 3 is 2.67 bits per heavy atom. The normalized spacial score (nSPS) is 11.2. The van der Waals surface area contributed by atoms with E-state index >= 15 is 0 Å². The molecule has 0 unspecified atom stereocenters. The average Bonchev–Trinajstić information content (AvgIpc) is 3.23. The molecule has 3 heterocycles. The molecule has 0 radical (unpaired) electrons. The van der Waals surface area contributed by atoms with Crippen LogP contribution in [-0.4, -0.2) is 29.4 Å². The number of aryl methyl sites for hydroxylation is 2. The first-order valence-corrected chi connectivity index (χ1v) is 8.60. The van der Waals surface area contributed by atoms with Crippen LogP contribution in [0.25, 0.3) is 11.5 Å². The number of rotatable bonds is 4. The molecule has 4 rings (SSSR count). The summed E-state index contributed by atoms with van der Waals surface area (Å²) in [6.45, 7) is 3.98. The summed E-state index contributed by atoms with van der Waals surface area (Å²) in [7, 11) is 0. The predicted octanol–water partition coefficient (Wildman–Crippen LogP) is 3.22. The van der Waals surface area contributed by atoms with E-state index in [0.29, 0.717) is 5.78 Å². The van der Waals surface area contributed by atoms with E-state index in [0.717, 1.165) is 28.0 Å². The highest BCUT2D eigenvalue weighted by Gasteiger charge is 2.08. The molecule has 120 valence electrons. The van der Waals surface area contributed by atoms with Gasteiger partial charge in [-0.05, 0) is 43.7 Å². The fourth-order valence-corrected chi connectivity index (χ4v) is 3.30. The fraction of sp³-hybridized carbons (Fsp3) is 0.176. The Kier molecular flexibility index (Phi) is 3.78. The molecule has 0 saturated heterocycles. The molecule has 24 heavy (non-hydrogen) atoms. The van der Waals surface area contributed by atoms with Crippen molar-refractivity contribution in [3.63, 3.8) is 0 Å². The van der Waals surface area contributed by atoms with Crippen LogP contribution in [0.15, 0.2) is 53.9 Å². The van der Waals surface area contributed by atoms with Crippen LogP contribution < -0.4 is 0 Å². The molecule has 0 atom stereocenters. The number of fused-ring (bicyclic) bond motifs is 1. The summed E-state index contributed by atoms with van der Waals surface area (Å²) in [6.07, 6.45) is 3.71. The van der Waals surface area contributed by atoms with Crippen LogP contribution in [0.5, 0.6) is 0 Å². The molecule has 1 aromatic carbocycles. The van der Waals surface area contributed by atoms with Crippen LogP contribution in [0.4, 0.5) is 0 Å². The van der Waals surface area contributed by atoms with Gasteiger partial charge in [0.2, 0.25) is 5.16 Å². The summed E-state index contributed by atoms with van der Waals surface area (Å²) >= 11 is 1.61. The van der Waals surface area contributed by atoms with Gasteiger partial charge in [-0.2, -0.15) is 10.1 Å². The van der Waals surface area contributed by atoms with Crippen LogP contribution in [0.3, 0.4) is 0 Å². The van der Waals surface area contributed by atoms with Gasteiger partial charge in [-0.3, -0.25) is 0 Å². The van der Waals surface area contributed by atoms with Crippen molar-refractivity contribution in [1.29, 1.82) is 0 Å². The zero-order valence-electron chi connectivity index (χ0n) is 13.4. The summed E-state index contributed by atoms with van der Waals surface area (Å²) in [6, 6.07) is 12.3. The highest BCUT2D eigenvalue weighted by molar-refractivity contribution is 7.98. The van der Waals surface area contributed by atoms with E-state index in [2.05, 4.69) is 44.4 Å². The van der Waals surface area contributed by atoms with E-state index in [-0.39, 0.29) is 0 Å². The maximum absolute atomic E-state index is 4.52. The highest BCUT2D eigenvalue weighted by atomic mass is 32.2. The molecule has 4 aromatic rings. The summed E-state index contributed by atoms with van der Waals surface area (Å²) in [5.41, 5.74) is 4.27. The highest BCUT2D eigenvalue weighted by Crippen LogP contribution is 2.21. The Morgan fingerprint density at radius 1 is 1.08 bits per heavy atom. The minimum atomic E-state index is 0.657. The van der Waals surface area contributed by atoms with Gasteiger partial charge in [-0.15, -0.1) is 5.10 Å². The zero-order chi connectivity index (χ0) is 16.5. The molecular weight excluding hydrogens is 320 g/mol.